The summed E-state index contributed by atoms with van der Waals surface area (Å²) in [7, 11) is -3.80. The highest BCUT2D eigenvalue weighted by Gasteiger charge is 2.16. The van der Waals surface area contributed by atoms with Gasteiger partial charge in [0, 0.05) is 12.2 Å². The number of carbonyl (C=O) groups is 1. The van der Waals surface area contributed by atoms with Crippen LogP contribution in [0.4, 0.5) is 5.69 Å². The maximum atomic E-state index is 12.9. The summed E-state index contributed by atoms with van der Waals surface area (Å²) in [5.74, 6) is 4.48. The van der Waals surface area contributed by atoms with E-state index >= 15 is 0 Å². The number of aryl methyl sites for hydroxylation is 1. The predicted molar refractivity (Wildman–Crippen MR) is 128 cm³/mol. The predicted octanol–water partition coefficient (Wildman–Crippen LogP) is 1.71. The van der Waals surface area contributed by atoms with E-state index in [1.54, 1.807) is 43.3 Å². The average Bonchev–Trinajstić information content (AvgIpc) is 2.78. The maximum Gasteiger partial charge on any atom is 0.275 e. The van der Waals surface area contributed by atoms with Crippen molar-refractivity contribution in [1.82, 2.24) is 9.88 Å². The van der Waals surface area contributed by atoms with Gasteiger partial charge in [0.05, 0.1) is 12.0 Å². The highest BCUT2D eigenvalue weighted by Crippen LogP contribution is 2.11. The zero-order valence-corrected chi connectivity index (χ0v) is 18.9. The Bertz CT molecular complexity index is 1300. The van der Waals surface area contributed by atoms with Crippen molar-refractivity contribution in [1.29, 1.82) is 0 Å². The number of nitrogens with two attached hydrogens (primary N) is 1. The van der Waals surface area contributed by atoms with Crippen LogP contribution in [-0.2, 0) is 33.7 Å². The number of amides is 1. The van der Waals surface area contributed by atoms with Gasteiger partial charge in [0.1, 0.15) is 12.2 Å². The molecule has 172 valence electrons. The quantitative estimate of drug-likeness (QED) is 0.250. The second-order valence-electron chi connectivity index (χ2n) is 7.42. The zero-order valence-electron chi connectivity index (χ0n) is 18.1. The lowest BCUT2D eigenvalue weighted by molar-refractivity contribution is -0.121. The third kappa shape index (κ3) is 6.78. The Kier molecular flexibility index (Phi) is 7.62. The van der Waals surface area contributed by atoms with Gasteiger partial charge < -0.3 is 15.7 Å². The fourth-order valence-electron chi connectivity index (χ4n) is 3.15. The number of anilines is 1. The monoisotopic (exact) mass is 467 g/mol. The minimum absolute atomic E-state index is 0.110. The van der Waals surface area contributed by atoms with Crippen molar-refractivity contribution in [3.05, 3.63) is 99.5 Å². The fraction of sp³-hybridized carbons (Fsp3) is 0.174. The second-order valence-corrected chi connectivity index (χ2v) is 9.15. The number of nitrogens with zero attached hydrogens (tertiary/aromatic N) is 2. The molecule has 9 nitrogen and oxygen atoms in total. The Morgan fingerprint density at radius 1 is 1.03 bits per heavy atom. The molecule has 10 heteroatoms. The molecule has 0 saturated carbocycles. The van der Waals surface area contributed by atoms with Crippen molar-refractivity contribution in [3.63, 3.8) is 0 Å². The Morgan fingerprint density at radius 3 is 2.39 bits per heavy atom. The molecule has 0 aliphatic heterocycles. The van der Waals surface area contributed by atoms with Gasteiger partial charge in [-0.1, -0.05) is 54.6 Å². The molecule has 3 aromatic rings. The first kappa shape index (κ1) is 23.7. The minimum atomic E-state index is -3.80. The van der Waals surface area contributed by atoms with Crippen LogP contribution in [0.5, 0.6) is 0 Å². The summed E-state index contributed by atoms with van der Waals surface area (Å²) in [5.41, 5.74) is 2.13. The van der Waals surface area contributed by atoms with Crippen LogP contribution in [0.2, 0.25) is 0 Å². The van der Waals surface area contributed by atoms with Crippen LogP contribution in [0.1, 0.15) is 22.4 Å². The number of nitrogens with one attached hydrogen (secondary N) is 2. The molecule has 0 unspecified atom stereocenters. The first-order valence-corrected chi connectivity index (χ1v) is 11.8. The summed E-state index contributed by atoms with van der Waals surface area (Å²) in [4.78, 5) is 25.3. The molecular formula is C23H25N5O4S. The lowest BCUT2D eigenvalue weighted by atomic mass is 10.1. The van der Waals surface area contributed by atoms with Gasteiger partial charge in [0.25, 0.3) is 5.56 Å². The molecule has 1 amide bonds. The van der Waals surface area contributed by atoms with Crippen molar-refractivity contribution in [2.45, 2.75) is 25.8 Å². The molecule has 33 heavy (non-hydrogen) atoms. The third-order valence-corrected chi connectivity index (χ3v) is 6.10. The SMILES string of the molecule is Cc1ccc(NS(=O)(=O)Cc2ccccc2)c(=O)n1CC(=O)NCc1ccc(C=NN)cc1. The normalized spacial score (nSPS) is 11.4. The molecule has 0 spiro atoms. The molecule has 0 bridgehead atoms. The first-order valence-electron chi connectivity index (χ1n) is 10.1. The molecule has 0 fully saturated rings. The number of hydrogen-bond donors (Lipinski definition) is 3. The molecule has 1 aromatic heterocycles. The summed E-state index contributed by atoms with van der Waals surface area (Å²) in [6, 6.07) is 18.9. The van der Waals surface area contributed by atoms with Crippen LogP contribution in [0, 0.1) is 6.92 Å². The van der Waals surface area contributed by atoms with E-state index in [1.807, 2.05) is 24.3 Å². The minimum Gasteiger partial charge on any atom is -0.350 e. The highest BCUT2D eigenvalue weighted by molar-refractivity contribution is 7.91. The van der Waals surface area contributed by atoms with Crippen molar-refractivity contribution >= 4 is 27.8 Å². The van der Waals surface area contributed by atoms with E-state index in [2.05, 4.69) is 15.1 Å². The number of carbonyl (C=O) groups excluding carboxylic acids is 1. The van der Waals surface area contributed by atoms with Crippen LogP contribution >= 0.6 is 0 Å². The van der Waals surface area contributed by atoms with Crippen LogP contribution in [0.3, 0.4) is 0 Å². The molecule has 0 atom stereocenters. The van der Waals surface area contributed by atoms with Crippen molar-refractivity contribution < 1.29 is 13.2 Å². The van der Waals surface area contributed by atoms with Crippen molar-refractivity contribution in [2.24, 2.45) is 10.9 Å². The van der Waals surface area contributed by atoms with Crippen LogP contribution in [-0.4, -0.2) is 25.1 Å². The van der Waals surface area contributed by atoms with Crippen molar-refractivity contribution in [3.8, 4) is 0 Å². The average molecular weight is 468 g/mol. The summed E-state index contributed by atoms with van der Waals surface area (Å²) < 4.78 is 28.6. The molecule has 1 heterocycles. The standard InChI is InChI=1S/C23H25N5O4S/c1-17-7-12-21(27-33(31,32)16-20-5-3-2-4-6-20)23(30)28(17)15-22(29)25-13-18-8-10-19(11-9-18)14-26-24/h2-12,14,27H,13,15-16,24H2,1H3,(H,25,29). The molecular weight excluding hydrogens is 442 g/mol. The summed E-state index contributed by atoms with van der Waals surface area (Å²) in [6.45, 7) is 1.71. The molecule has 0 aliphatic rings. The first-order chi connectivity index (χ1) is 15.8. The number of rotatable bonds is 9. The summed E-state index contributed by atoms with van der Waals surface area (Å²) >= 11 is 0. The largest absolute Gasteiger partial charge is 0.350 e. The molecule has 0 radical (unpaired) electrons. The van der Waals surface area contributed by atoms with Crippen LogP contribution in [0.25, 0.3) is 0 Å². The van der Waals surface area contributed by atoms with Gasteiger partial charge in [-0.15, -0.1) is 0 Å². The fourth-order valence-corrected chi connectivity index (χ4v) is 4.34. The van der Waals surface area contributed by atoms with E-state index in [0.29, 0.717) is 11.3 Å². The Hall–Kier alpha value is -3.92. The van der Waals surface area contributed by atoms with E-state index in [0.717, 1.165) is 11.1 Å². The third-order valence-electron chi connectivity index (χ3n) is 4.85. The number of hydrazone groups is 1. The van der Waals surface area contributed by atoms with Gasteiger partial charge >= 0.3 is 0 Å². The van der Waals surface area contributed by atoms with Crippen molar-refractivity contribution in [2.75, 3.05) is 4.72 Å². The second kappa shape index (κ2) is 10.6. The maximum absolute atomic E-state index is 12.9. The highest BCUT2D eigenvalue weighted by atomic mass is 32.2. The van der Waals surface area contributed by atoms with Gasteiger partial charge in [-0.25, -0.2) is 8.42 Å². The van der Waals surface area contributed by atoms with Crippen LogP contribution in [0.15, 0.2) is 76.6 Å². The molecule has 0 saturated heterocycles. The topological polar surface area (TPSA) is 136 Å². The molecule has 2 aromatic carbocycles. The number of aromatic nitrogens is 1. The zero-order chi connectivity index (χ0) is 23.8. The Balaban J connectivity index is 1.67. The smallest absolute Gasteiger partial charge is 0.275 e. The van der Waals surface area contributed by atoms with Gasteiger partial charge in [-0.3, -0.25) is 14.3 Å². The number of benzene rings is 2. The van der Waals surface area contributed by atoms with E-state index in [1.165, 1.54) is 16.8 Å². The Morgan fingerprint density at radius 2 is 1.73 bits per heavy atom. The van der Waals surface area contributed by atoms with E-state index < -0.39 is 15.6 Å². The number of pyridine rings is 1. The van der Waals surface area contributed by atoms with Crippen LogP contribution < -0.4 is 21.4 Å². The molecule has 4 N–H and O–H groups in total. The van der Waals surface area contributed by atoms with Gasteiger partial charge in [0.2, 0.25) is 15.9 Å². The van der Waals surface area contributed by atoms with Gasteiger partial charge in [-0.05, 0) is 35.7 Å². The van der Waals surface area contributed by atoms with E-state index in [9.17, 15) is 18.0 Å². The lowest BCUT2D eigenvalue weighted by Gasteiger charge is -2.14. The number of hydrogen-bond acceptors (Lipinski definition) is 6. The van der Waals surface area contributed by atoms with E-state index in [4.69, 9.17) is 5.84 Å². The van der Waals surface area contributed by atoms with Gasteiger partial charge in [0.15, 0.2) is 0 Å². The van der Waals surface area contributed by atoms with E-state index in [-0.39, 0.29) is 30.4 Å². The molecule has 0 aliphatic carbocycles. The Labute approximate surface area is 192 Å². The summed E-state index contributed by atoms with van der Waals surface area (Å²) in [5, 5.41) is 6.21. The van der Waals surface area contributed by atoms with Gasteiger partial charge in [-0.2, -0.15) is 5.10 Å². The molecule has 3 rings (SSSR count). The summed E-state index contributed by atoms with van der Waals surface area (Å²) in [6.07, 6.45) is 1.51. The lowest BCUT2D eigenvalue weighted by Crippen LogP contribution is -2.34. The number of sulfonamides is 1.